The van der Waals surface area contributed by atoms with Gasteiger partial charge in [-0.3, -0.25) is 0 Å². The molecule has 0 radical (unpaired) electrons. The van der Waals surface area contributed by atoms with Crippen molar-refractivity contribution in [1.82, 2.24) is 5.32 Å². The number of rotatable bonds is 6. The molecule has 1 N–H and O–H groups in total. The van der Waals surface area contributed by atoms with Gasteiger partial charge >= 0.3 is 0 Å². The van der Waals surface area contributed by atoms with E-state index in [2.05, 4.69) is 24.2 Å². The zero-order valence-corrected chi connectivity index (χ0v) is 10.9. The largest absolute Gasteiger partial charge is 0.309 e. The smallest absolute Gasteiger partial charge is 0.0590 e. The molecule has 0 saturated carbocycles. The lowest BCUT2D eigenvalue weighted by atomic mass is 10.1. The van der Waals surface area contributed by atoms with Crippen LogP contribution in [0.5, 0.6) is 0 Å². The molecule has 1 atom stereocenters. The second-order valence-electron chi connectivity index (χ2n) is 3.63. The van der Waals surface area contributed by atoms with Gasteiger partial charge in [-0.2, -0.15) is 0 Å². The van der Waals surface area contributed by atoms with E-state index in [1.807, 2.05) is 13.0 Å². The van der Waals surface area contributed by atoms with Crippen molar-refractivity contribution in [2.75, 3.05) is 6.54 Å². The van der Waals surface area contributed by atoms with Crippen molar-refractivity contribution in [3.8, 4) is 0 Å². The van der Waals surface area contributed by atoms with Crippen LogP contribution in [-0.4, -0.2) is 6.54 Å². The molecular weight excluding hydrogens is 226 g/mol. The first kappa shape index (κ1) is 12.8. The molecule has 0 aromatic carbocycles. The van der Waals surface area contributed by atoms with Crippen LogP contribution in [0.1, 0.15) is 36.2 Å². The average Bonchev–Trinajstić information content (AvgIpc) is 2.55. The zero-order chi connectivity index (χ0) is 11.3. The van der Waals surface area contributed by atoms with E-state index in [1.54, 1.807) is 11.3 Å². The maximum Gasteiger partial charge on any atom is 0.0590 e. The molecule has 1 rings (SSSR count). The number of nitrogens with one attached hydrogen (secondary N) is 1. The summed E-state index contributed by atoms with van der Waals surface area (Å²) in [6, 6.07) is 0.327. The van der Waals surface area contributed by atoms with Gasteiger partial charge in [0.05, 0.1) is 5.02 Å². The summed E-state index contributed by atoms with van der Waals surface area (Å²) >= 11 is 7.99. The van der Waals surface area contributed by atoms with E-state index in [-0.39, 0.29) is 0 Å². The molecule has 0 aliphatic heterocycles. The molecule has 0 amide bonds. The van der Waals surface area contributed by atoms with E-state index in [4.69, 9.17) is 11.6 Å². The molecule has 0 fully saturated rings. The van der Waals surface area contributed by atoms with Crippen LogP contribution in [-0.2, 0) is 0 Å². The van der Waals surface area contributed by atoms with Gasteiger partial charge in [0.25, 0.3) is 0 Å². The predicted octanol–water partition coefficient (Wildman–Crippen LogP) is 4.33. The molecular formula is C12H18ClNS. The Bertz CT molecular complexity index is 319. The first-order valence-electron chi connectivity index (χ1n) is 5.28. The lowest BCUT2D eigenvalue weighted by molar-refractivity contribution is 0.544. The van der Waals surface area contributed by atoms with Crippen LogP contribution >= 0.6 is 22.9 Å². The van der Waals surface area contributed by atoms with Crippen LogP contribution < -0.4 is 5.32 Å². The third-order valence-electron chi connectivity index (χ3n) is 2.28. The number of hydrogen-bond donors (Lipinski definition) is 1. The second-order valence-corrected chi connectivity index (χ2v) is 4.92. The minimum atomic E-state index is 0.327. The molecule has 1 unspecified atom stereocenters. The molecule has 15 heavy (non-hydrogen) atoms. The molecule has 1 aromatic heterocycles. The first-order valence-corrected chi connectivity index (χ1v) is 6.54. The summed E-state index contributed by atoms with van der Waals surface area (Å²) in [6.07, 6.45) is 4.01. The SMILES string of the molecule is C=CCC(NCCC)c1scc(C)c1Cl. The minimum absolute atomic E-state index is 0.327. The molecule has 3 heteroatoms. The Morgan fingerprint density at radius 3 is 2.87 bits per heavy atom. The van der Waals surface area contributed by atoms with Gasteiger partial charge < -0.3 is 5.32 Å². The van der Waals surface area contributed by atoms with Gasteiger partial charge in [-0.15, -0.1) is 17.9 Å². The van der Waals surface area contributed by atoms with E-state index in [9.17, 15) is 0 Å². The fourth-order valence-electron chi connectivity index (χ4n) is 1.45. The number of thiophene rings is 1. The quantitative estimate of drug-likeness (QED) is 0.734. The number of aryl methyl sites for hydroxylation is 1. The Kier molecular flexibility index (Phi) is 5.37. The minimum Gasteiger partial charge on any atom is -0.309 e. The Morgan fingerprint density at radius 2 is 2.40 bits per heavy atom. The summed E-state index contributed by atoms with van der Waals surface area (Å²) in [5.41, 5.74) is 1.17. The van der Waals surface area contributed by atoms with Crippen LogP contribution in [0.15, 0.2) is 18.0 Å². The fourth-order valence-corrected chi connectivity index (χ4v) is 2.87. The average molecular weight is 244 g/mol. The highest BCUT2D eigenvalue weighted by Gasteiger charge is 2.15. The molecule has 1 aromatic rings. The Labute approximate surface area is 101 Å². The molecule has 0 spiro atoms. The summed E-state index contributed by atoms with van der Waals surface area (Å²) in [5.74, 6) is 0. The van der Waals surface area contributed by atoms with Gasteiger partial charge in [0.2, 0.25) is 0 Å². The van der Waals surface area contributed by atoms with Crippen molar-refractivity contribution in [3.05, 3.63) is 33.5 Å². The molecule has 1 nitrogen and oxygen atoms in total. The summed E-state index contributed by atoms with van der Waals surface area (Å²) < 4.78 is 0. The van der Waals surface area contributed by atoms with Gasteiger partial charge in [0, 0.05) is 10.9 Å². The summed E-state index contributed by atoms with van der Waals surface area (Å²) in [7, 11) is 0. The van der Waals surface area contributed by atoms with Gasteiger partial charge in [0.15, 0.2) is 0 Å². The van der Waals surface area contributed by atoms with Crippen LogP contribution in [0.25, 0.3) is 0 Å². The normalized spacial score (nSPS) is 12.7. The zero-order valence-electron chi connectivity index (χ0n) is 9.35. The molecule has 0 saturated heterocycles. The monoisotopic (exact) mass is 243 g/mol. The summed E-state index contributed by atoms with van der Waals surface area (Å²) in [5, 5.41) is 6.52. The molecule has 0 aliphatic carbocycles. The first-order chi connectivity index (χ1) is 7.20. The van der Waals surface area contributed by atoms with Crippen LogP contribution in [0.4, 0.5) is 0 Å². The summed E-state index contributed by atoms with van der Waals surface area (Å²) in [6.45, 7) is 9.03. The van der Waals surface area contributed by atoms with E-state index in [1.165, 1.54) is 10.4 Å². The third kappa shape index (κ3) is 3.33. The maximum atomic E-state index is 6.25. The Morgan fingerprint density at radius 1 is 1.67 bits per heavy atom. The van der Waals surface area contributed by atoms with Crippen molar-refractivity contribution in [2.45, 2.75) is 32.7 Å². The molecule has 1 heterocycles. The lowest BCUT2D eigenvalue weighted by Gasteiger charge is -2.15. The maximum absolute atomic E-state index is 6.25. The van der Waals surface area contributed by atoms with Crippen LogP contribution in [0.3, 0.4) is 0 Å². The second kappa shape index (κ2) is 6.31. The number of halogens is 1. The van der Waals surface area contributed by atoms with Crippen LogP contribution in [0.2, 0.25) is 5.02 Å². The highest BCUT2D eigenvalue weighted by molar-refractivity contribution is 7.10. The van der Waals surface area contributed by atoms with Gasteiger partial charge in [-0.25, -0.2) is 0 Å². The van der Waals surface area contributed by atoms with Gasteiger partial charge in [-0.1, -0.05) is 24.6 Å². The molecule has 0 aliphatic rings. The highest BCUT2D eigenvalue weighted by atomic mass is 35.5. The van der Waals surface area contributed by atoms with Crippen LogP contribution in [0, 0.1) is 6.92 Å². The predicted molar refractivity (Wildman–Crippen MR) is 69.9 cm³/mol. The fraction of sp³-hybridized carbons (Fsp3) is 0.500. The molecule has 0 bridgehead atoms. The topological polar surface area (TPSA) is 12.0 Å². The standard InChI is InChI=1S/C12H18ClNS/c1-4-6-10(14-7-5-2)12-11(13)9(3)8-15-12/h4,8,10,14H,1,5-7H2,2-3H3. The van der Waals surface area contributed by atoms with E-state index in [0.717, 1.165) is 24.4 Å². The Hall–Kier alpha value is -0.310. The van der Waals surface area contributed by atoms with Gasteiger partial charge in [0.1, 0.15) is 0 Å². The lowest BCUT2D eigenvalue weighted by Crippen LogP contribution is -2.21. The van der Waals surface area contributed by atoms with Gasteiger partial charge in [-0.05, 0) is 37.3 Å². The summed E-state index contributed by atoms with van der Waals surface area (Å²) in [4.78, 5) is 1.24. The van der Waals surface area contributed by atoms with E-state index < -0.39 is 0 Å². The van der Waals surface area contributed by atoms with E-state index in [0.29, 0.717) is 6.04 Å². The van der Waals surface area contributed by atoms with E-state index >= 15 is 0 Å². The van der Waals surface area contributed by atoms with Crippen molar-refractivity contribution in [3.63, 3.8) is 0 Å². The number of hydrogen-bond acceptors (Lipinski definition) is 2. The molecule has 84 valence electrons. The Balaban J connectivity index is 2.78. The van der Waals surface area contributed by atoms with Crippen molar-refractivity contribution < 1.29 is 0 Å². The van der Waals surface area contributed by atoms with Crippen molar-refractivity contribution >= 4 is 22.9 Å². The highest BCUT2D eigenvalue weighted by Crippen LogP contribution is 2.33. The van der Waals surface area contributed by atoms with Crippen molar-refractivity contribution in [2.24, 2.45) is 0 Å². The third-order valence-corrected chi connectivity index (χ3v) is 4.11. The van der Waals surface area contributed by atoms with Crippen molar-refractivity contribution in [1.29, 1.82) is 0 Å².